The van der Waals surface area contributed by atoms with E-state index < -0.39 is 23.9 Å². The Morgan fingerprint density at radius 1 is 0.881 bits per heavy atom. The molecule has 218 valence electrons. The summed E-state index contributed by atoms with van der Waals surface area (Å²) in [6.45, 7) is 8.54. The van der Waals surface area contributed by atoms with Crippen molar-refractivity contribution in [2.45, 2.75) is 94.6 Å². The number of nitrogens with zero attached hydrogens (tertiary/aromatic N) is 1. The van der Waals surface area contributed by atoms with Crippen LogP contribution in [-0.2, 0) is 20.5 Å². The standard InChI is InChI=1S/C35H40BNO5/c1-33(2)34(3,4)42-36(41-33)24-11-9-10-23(18-24)19-35(39)20-25-16-17-26(21-35)37(25)32(38)40-22-31-29-14-7-5-12-27(29)28-13-6-8-15-30(28)31/h5-15,18,25-26,31,39H,16-17,19-22H2,1-4H3. The first-order valence-corrected chi connectivity index (χ1v) is 15.3. The lowest BCUT2D eigenvalue weighted by Crippen LogP contribution is -2.54. The lowest BCUT2D eigenvalue weighted by molar-refractivity contribution is -0.0479. The van der Waals surface area contributed by atoms with Crippen LogP contribution in [0.5, 0.6) is 0 Å². The smallest absolute Gasteiger partial charge is 0.448 e. The summed E-state index contributed by atoms with van der Waals surface area (Å²) < 4.78 is 18.6. The molecule has 7 rings (SSSR count). The van der Waals surface area contributed by atoms with Gasteiger partial charge in [0.15, 0.2) is 0 Å². The highest BCUT2D eigenvalue weighted by atomic mass is 16.7. The predicted molar refractivity (Wildman–Crippen MR) is 164 cm³/mol. The first-order valence-electron chi connectivity index (χ1n) is 15.3. The third kappa shape index (κ3) is 4.66. The van der Waals surface area contributed by atoms with Crippen molar-refractivity contribution in [1.82, 2.24) is 4.90 Å². The Labute approximate surface area is 249 Å². The number of fused-ring (bicyclic) bond motifs is 5. The van der Waals surface area contributed by atoms with E-state index in [1.165, 1.54) is 22.3 Å². The van der Waals surface area contributed by atoms with Gasteiger partial charge in [0.1, 0.15) is 6.61 Å². The van der Waals surface area contributed by atoms with Crippen LogP contribution in [0.3, 0.4) is 0 Å². The minimum absolute atomic E-state index is 0.0179. The van der Waals surface area contributed by atoms with Crippen LogP contribution in [0.4, 0.5) is 4.79 Å². The molecule has 2 atom stereocenters. The van der Waals surface area contributed by atoms with Crippen LogP contribution in [0.1, 0.15) is 76.0 Å². The molecule has 3 saturated heterocycles. The molecule has 3 aromatic carbocycles. The van der Waals surface area contributed by atoms with Gasteiger partial charge in [0.2, 0.25) is 0 Å². The van der Waals surface area contributed by atoms with E-state index in [9.17, 15) is 9.90 Å². The number of carbonyl (C=O) groups is 1. The van der Waals surface area contributed by atoms with E-state index in [1.54, 1.807) is 0 Å². The molecule has 0 spiro atoms. The molecule has 0 aromatic heterocycles. The SMILES string of the molecule is CC1(C)OB(c2cccc(CC3(O)CC4CCC(C3)N4C(=O)OCC3c4ccccc4-c4ccccc43)c2)OC1(C)C. The van der Waals surface area contributed by atoms with Crippen LogP contribution in [0, 0.1) is 0 Å². The Hall–Kier alpha value is -3.13. The number of hydrogen-bond donors (Lipinski definition) is 1. The lowest BCUT2D eigenvalue weighted by Gasteiger charge is -2.43. The van der Waals surface area contributed by atoms with E-state index in [-0.39, 0.29) is 24.1 Å². The van der Waals surface area contributed by atoms with Gasteiger partial charge in [-0.2, -0.15) is 0 Å². The van der Waals surface area contributed by atoms with E-state index in [2.05, 4.69) is 88.4 Å². The molecule has 6 nitrogen and oxygen atoms in total. The van der Waals surface area contributed by atoms with Crippen molar-refractivity contribution in [2.24, 2.45) is 0 Å². The molecule has 0 radical (unpaired) electrons. The second-order valence-electron chi connectivity index (χ2n) is 13.7. The van der Waals surface area contributed by atoms with Crippen molar-refractivity contribution in [3.05, 3.63) is 89.5 Å². The second-order valence-corrected chi connectivity index (χ2v) is 13.7. The van der Waals surface area contributed by atoms with Crippen molar-refractivity contribution in [1.29, 1.82) is 0 Å². The molecule has 3 heterocycles. The third-order valence-electron chi connectivity index (χ3n) is 10.4. The Bertz CT molecular complexity index is 1440. The van der Waals surface area contributed by atoms with Crippen LogP contribution in [0.15, 0.2) is 72.8 Å². The van der Waals surface area contributed by atoms with Gasteiger partial charge in [-0.3, -0.25) is 0 Å². The average Bonchev–Trinajstić information content (AvgIpc) is 3.51. The van der Waals surface area contributed by atoms with Gasteiger partial charge in [-0.25, -0.2) is 4.79 Å². The second kappa shape index (κ2) is 9.97. The number of hydrogen-bond acceptors (Lipinski definition) is 5. The summed E-state index contributed by atoms with van der Waals surface area (Å²) in [4.78, 5) is 15.4. The van der Waals surface area contributed by atoms with Crippen molar-refractivity contribution < 1.29 is 23.9 Å². The summed E-state index contributed by atoms with van der Waals surface area (Å²) in [6.07, 6.45) is 3.17. The monoisotopic (exact) mass is 565 g/mol. The summed E-state index contributed by atoms with van der Waals surface area (Å²) in [5.74, 6) is 0.0389. The van der Waals surface area contributed by atoms with E-state index in [4.69, 9.17) is 14.0 Å². The van der Waals surface area contributed by atoms with Gasteiger partial charge in [0, 0.05) is 24.4 Å². The summed E-state index contributed by atoms with van der Waals surface area (Å²) in [5, 5.41) is 11.8. The van der Waals surface area contributed by atoms with Gasteiger partial charge in [-0.15, -0.1) is 0 Å². The maximum Gasteiger partial charge on any atom is 0.494 e. The zero-order valence-electron chi connectivity index (χ0n) is 25.0. The van der Waals surface area contributed by atoms with E-state index in [0.717, 1.165) is 23.9 Å². The van der Waals surface area contributed by atoms with Crippen LogP contribution in [0.25, 0.3) is 11.1 Å². The minimum atomic E-state index is -0.875. The summed E-state index contributed by atoms with van der Waals surface area (Å²) >= 11 is 0. The van der Waals surface area contributed by atoms with Crippen LogP contribution >= 0.6 is 0 Å². The molecule has 4 aliphatic rings. The lowest BCUT2D eigenvalue weighted by atomic mass is 9.76. The van der Waals surface area contributed by atoms with E-state index in [1.807, 2.05) is 17.0 Å². The third-order valence-corrected chi connectivity index (χ3v) is 10.4. The van der Waals surface area contributed by atoms with Crippen LogP contribution in [0.2, 0.25) is 0 Å². The number of rotatable bonds is 5. The fraction of sp³-hybridized carbons (Fsp3) is 0.457. The van der Waals surface area contributed by atoms with Crippen LogP contribution < -0.4 is 5.46 Å². The number of amides is 1. The first kappa shape index (κ1) is 27.7. The molecule has 2 bridgehead atoms. The van der Waals surface area contributed by atoms with Gasteiger partial charge >= 0.3 is 13.2 Å². The molecule has 42 heavy (non-hydrogen) atoms. The number of benzene rings is 3. The molecule has 3 aromatic rings. The predicted octanol–water partition coefficient (Wildman–Crippen LogP) is 5.84. The van der Waals surface area contributed by atoms with Crippen LogP contribution in [-0.4, -0.2) is 58.7 Å². The summed E-state index contributed by atoms with van der Waals surface area (Å²) in [7, 11) is -0.434. The molecule has 1 aliphatic carbocycles. The quantitative estimate of drug-likeness (QED) is 0.394. The molecule has 7 heteroatoms. The summed E-state index contributed by atoms with van der Waals surface area (Å²) in [6, 6.07) is 25.0. The minimum Gasteiger partial charge on any atom is -0.448 e. The van der Waals surface area contributed by atoms with Gasteiger partial charge in [0.05, 0.1) is 16.8 Å². The Kier molecular flexibility index (Phi) is 6.57. The maximum absolute atomic E-state index is 13.5. The number of piperidine rings is 1. The maximum atomic E-state index is 13.5. The number of aliphatic hydroxyl groups is 1. The highest BCUT2D eigenvalue weighted by Gasteiger charge is 2.52. The van der Waals surface area contributed by atoms with Gasteiger partial charge < -0.3 is 24.1 Å². The summed E-state index contributed by atoms with van der Waals surface area (Å²) in [5.41, 5.74) is 5.21. The van der Waals surface area contributed by atoms with Crippen molar-refractivity contribution >= 4 is 18.7 Å². The fourth-order valence-corrected chi connectivity index (χ4v) is 7.64. The van der Waals surface area contributed by atoms with Gasteiger partial charge in [-0.05, 0) is 86.7 Å². The average molecular weight is 566 g/mol. The number of ether oxygens (including phenoxy) is 1. The Morgan fingerprint density at radius 2 is 1.45 bits per heavy atom. The molecule has 1 amide bonds. The molecular formula is C35H40BNO5. The topological polar surface area (TPSA) is 68.2 Å². The zero-order chi connectivity index (χ0) is 29.3. The van der Waals surface area contributed by atoms with E-state index >= 15 is 0 Å². The molecule has 3 aliphatic heterocycles. The van der Waals surface area contributed by atoms with Crippen molar-refractivity contribution in [3.8, 4) is 11.1 Å². The van der Waals surface area contributed by atoms with Gasteiger partial charge in [-0.1, -0.05) is 72.8 Å². The molecule has 2 unspecified atom stereocenters. The zero-order valence-corrected chi connectivity index (χ0v) is 25.0. The fourth-order valence-electron chi connectivity index (χ4n) is 7.64. The molecular weight excluding hydrogens is 525 g/mol. The van der Waals surface area contributed by atoms with E-state index in [0.29, 0.717) is 25.9 Å². The first-order chi connectivity index (χ1) is 20.0. The Morgan fingerprint density at radius 3 is 2.05 bits per heavy atom. The molecule has 0 saturated carbocycles. The van der Waals surface area contributed by atoms with Gasteiger partial charge in [0.25, 0.3) is 0 Å². The molecule has 3 fully saturated rings. The largest absolute Gasteiger partial charge is 0.494 e. The highest BCUT2D eigenvalue weighted by Crippen LogP contribution is 2.46. The van der Waals surface area contributed by atoms with Crippen molar-refractivity contribution in [3.63, 3.8) is 0 Å². The number of carbonyl (C=O) groups excluding carboxylic acids is 1. The highest BCUT2D eigenvalue weighted by molar-refractivity contribution is 6.62. The molecule has 1 N–H and O–H groups in total. The Balaban J connectivity index is 1.02. The van der Waals surface area contributed by atoms with Crippen molar-refractivity contribution in [2.75, 3.05) is 6.61 Å². The normalized spacial score (nSPS) is 27.2.